The second-order valence-electron chi connectivity index (χ2n) is 6.05. The Balaban J connectivity index is 1.63. The van der Waals surface area contributed by atoms with Crippen molar-refractivity contribution >= 4 is 27.5 Å². The molecule has 3 nitrogen and oxygen atoms in total. The van der Waals surface area contributed by atoms with Gasteiger partial charge < -0.3 is 9.88 Å². The van der Waals surface area contributed by atoms with Gasteiger partial charge in [0.1, 0.15) is 11.5 Å². The largest absolute Gasteiger partial charge is 0.347 e. The molecule has 0 fully saturated rings. The minimum Gasteiger partial charge on any atom is -0.347 e. The normalized spacial score (nSPS) is 11.0. The Morgan fingerprint density at radius 2 is 1.81 bits per heavy atom. The third-order valence-electron chi connectivity index (χ3n) is 4.34. The van der Waals surface area contributed by atoms with Gasteiger partial charge in [0.05, 0.1) is 16.8 Å². The summed E-state index contributed by atoms with van der Waals surface area (Å²) in [7, 11) is 0. The lowest BCUT2D eigenvalue weighted by molar-refractivity contribution is 0.0942. The number of benzene rings is 2. The van der Waals surface area contributed by atoms with E-state index >= 15 is 0 Å². The number of nitrogens with one attached hydrogen (secondary N) is 1. The Labute approximate surface area is 154 Å². The third kappa shape index (κ3) is 3.26. The first kappa shape index (κ1) is 16.5. The minimum atomic E-state index is -0.264. The topological polar surface area (TPSA) is 34.0 Å². The van der Waals surface area contributed by atoms with Crippen LogP contribution in [-0.4, -0.2) is 10.5 Å². The first-order valence-electron chi connectivity index (χ1n) is 8.34. The highest BCUT2D eigenvalue weighted by Gasteiger charge is 2.17. The van der Waals surface area contributed by atoms with E-state index in [2.05, 4.69) is 5.32 Å². The van der Waals surface area contributed by atoms with Crippen molar-refractivity contribution in [1.29, 1.82) is 0 Å². The summed E-state index contributed by atoms with van der Waals surface area (Å²) in [6.45, 7) is 0.777. The number of hydrogen-bond donors (Lipinski definition) is 1. The second kappa shape index (κ2) is 7.14. The van der Waals surface area contributed by atoms with Crippen LogP contribution in [0, 0.1) is 5.82 Å². The van der Waals surface area contributed by atoms with Crippen LogP contribution in [0.5, 0.6) is 0 Å². The van der Waals surface area contributed by atoms with E-state index in [-0.39, 0.29) is 11.7 Å². The maximum Gasteiger partial charge on any atom is 0.268 e. The summed E-state index contributed by atoms with van der Waals surface area (Å²) in [4.78, 5) is 12.8. The third-order valence-corrected chi connectivity index (χ3v) is 5.19. The van der Waals surface area contributed by atoms with Gasteiger partial charge >= 0.3 is 0 Å². The van der Waals surface area contributed by atoms with Crippen LogP contribution in [0.3, 0.4) is 0 Å². The lowest BCUT2D eigenvalue weighted by atomic mass is 10.2. The Kier molecular flexibility index (Phi) is 4.54. The predicted molar refractivity (Wildman–Crippen MR) is 103 cm³/mol. The summed E-state index contributed by atoms with van der Waals surface area (Å²) in [6.07, 6.45) is 0. The van der Waals surface area contributed by atoms with E-state index in [0.717, 1.165) is 15.8 Å². The van der Waals surface area contributed by atoms with Gasteiger partial charge in [0.2, 0.25) is 0 Å². The standard InChI is InChI=1S/C21H17FN2OS/c22-17-9-5-4-8-16(17)14-24-18-10-11-26-20(18)12-19(24)21(25)23-13-15-6-2-1-3-7-15/h1-12H,13-14H2,(H,23,25). The Bertz CT molecular complexity index is 1050. The highest BCUT2D eigenvalue weighted by Crippen LogP contribution is 2.26. The van der Waals surface area contributed by atoms with Crippen molar-refractivity contribution in [2.24, 2.45) is 0 Å². The number of nitrogens with zero attached hydrogens (tertiary/aromatic N) is 1. The number of carbonyl (C=O) groups is 1. The van der Waals surface area contributed by atoms with E-state index in [1.54, 1.807) is 23.5 Å². The van der Waals surface area contributed by atoms with Crippen LogP contribution in [0.1, 0.15) is 21.6 Å². The molecular formula is C21H17FN2OS. The summed E-state index contributed by atoms with van der Waals surface area (Å²) in [5, 5.41) is 4.94. The minimum absolute atomic E-state index is 0.159. The molecule has 26 heavy (non-hydrogen) atoms. The van der Waals surface area contributed by atoms with Gasteiger partial charge in [-0.1, -0.05) is 48.5 Å². The zero-order valence-corrected chi connectivity index (χ0v) is 14.8. The number of hydrogen-bond acceptors (Lipinski definition) is 2. The quantitative estimate of drug-likeness (QED) is 0.541. The Morgan fingerprint density at radius 1 is 1.04 bits per heavy atom. The molecule has 2 aromatic heterocycles. The molecule has 1 amide bonds. The summed E-state index contributed by atoms with van der Waals surface area (Å²) in [5.74, 6) is -0.422. The number of halogens is 1. The van der Waals surface area contributed by atoms with Gasteiger partial charge in [0, 0.05) is 12.1 Å². The lowest BCUT2D eigenvalue weighted by Gasteiger charge is -2.11. The van der Waals surface area contributed by atoms with Gasteiger partial charge in [-0.05, 0) is 29.1 Å². The van der Waals surface area contributed by atoms with Crippen molar-refractivity contribution in [1.82, 2.24) is 9.88 Å². The van der Waals surface area contributed by atoms with Crippen molar-refractivity contribution in [3.63, 3.8) is 0 Å². The molecule has 2 aromatic carbocycles. The molecule has 0 atom stereocenters. The maximum absolute atomic E-state index is 14.1. The number of fused-ring (bicyclic) bond motifs is 1. The zero-order valence-electron chi connectivity index (χ0n) is 14.0. The van der Waals surface area contributed by atoms with Crippen molar-refractivity contribution < 1.29 is 9.18 Å². The molecule has 0 aliphatic heterocycles. The molecule has 130 valence electrons. The van der Waals surface area contributed by atoms with E-state index in [0.29, 0.717) is 24.3 Å². The average Bonchev–Trinajstić information content (AvgIpc) is 3.25. The van der Waals surface area contributed by atoms with E-state index < -0.39 is 0 Å². The predicted octanol–water partition coefficient (Wildman–Crippen LogP) is 4.82. The van der Waals surface area contributed by atoms with Crippen molar-refractivity contribution in [2.75, 3.05) is 0 Å². The van der Waals surface area contributed by atoms with Gasteiger partial charge in [-0.3, -0.25) is 4.79 Å². The molecule has 0 radical (unpaired) electrons. The second-order valence-corrected chi connectivity index (χ2v) is 6.99. The molecule has 4 rings (SSSR count). The number of thiophene rings is 1. The summed E-state index contributed by atoms with van der Waals surface area (Å²) in [6, 6.07) is 20.3. The Hall–Kier alpha value is -2.92. The first-order chi connectivity index (χ1) is 12.7. The van der Waals surface area contributed by atoms with Crippen LogP contribution in [0.4, 0.5) is 4.39 Å². The molecule has 0 aliphatic carbocycles. The van der Waals surface area contributed by atoms with Gasteiger partial charge in [-0.25, -0.2) is 4.39 Å². The van der Waals surface area contributed by atoms with Crippen LogP contribution < -0.4 is 5.32 Å². The molecule has 0 aliphatic rings. The average molecular weight is 364 g/mol. The van der Waals surface area contributed by atoms with Crippen LogP contribution in [0.25, 0.3) is 10.2 Å². The SMILES string of the molecule is O=C(NCc1ccccc1)c1cc2sccc2n1Cc1ccccc1F. The van der Waals surface area contributed by atoms with E-state index in [1.165, 1.54) is 6.07 Å². The van der Waals surface area contributed by atoms with E-state index in [9.17, 15) is 9.18 Å². The van der Waals surface area contributed by atoms with Gasteiger partial charge in [-0.2, -0.15) is 0 Å². The fourth-order valence-corrected chi connectivity index (χ4v) is 3.82. The lowest BCUT2D eigenvalue weighted by Crippen LogP contribution is -2.25. The van der Waals surface area contributed by atoms with Crippen LogP contribution >= 0.6 is 11.3 Å². The van der Waals surface area contributed by atoms with Gasteiger partial charge in [0.25, 0.3) is 5.91 Å². The first-order valence-corrected chi connectivity index (χ1v) is 9.22. The number of carbonyl (C=O) groups excluding carboxylic acids is 1. The fourth-order valence-electron chi connectivity index (χ4n) is 3.00. The summed E-state index contributed by atoms with van der Waals surface area (Å²) >= 11 is 1.57. The summed E-state index contributed by atoms with van der Waals surface area (Å²) in [5.41, 5.74) is 3.09. The highest BCUT2D eigenvalue weighted by molar-refractivity contribution is 7.17. The van der Waals surface area contributed by atoms with Crippen molar-refractivity contribution in [3.05, 3.63) is 94.7 Å². The van der Waals surface area contributed by atoms with Crippen LogP contribution in [0.2, 0.25) is 0 Å². The molecule has 0 bridgehead atoms. The zero-order chi connectivity index (χ0) is 17.9. The number of amides is 1. The fraction of sp³-hybridized carbons (Fsp3) is 0.0952. The molecule has 0 spiro atoms. The molecule has 4 aromatic rings. The van der Waals surface area contributed by atoms with Crippen molar-refractivity contribution in [2.45, 2.75) is 13.1 Å². The van der Waals surface area contributed by atoms with E-state index in [1.807, 2.05) is 58.5 Å². The number of aromatic nitrogens is 1. The maximum atomic E-state index is 14.1. The molecule has 0 saturated heterocycles. The molecule has 1 N–H and O–H groups in total. The van der Waals surface area contributed by atoms with Crippen LogP contribution in [0.15, 0.2) is 72.1 Å². The van der Waals surface area contributed by atoms with Crippen LogP contribution in [-0.2, 0) is 13.1 Å². The molecule has 2 heterocycles. The van der Waals surface area contributed by atoms with E-state index in [4.69, 9.17) is 0 Å². The molecular weight excluding hydrogens is 347 g/mol. The monoisotopic (exact) mass is 364 g/mol. The molecule has 0 unspecified atom stereocenters. The Morgan fingerprint density at radius 3 is 2.62 bits per heavy atom. The highest BCUT2D eigenvalue weighted by atomic mass is 32.1. The molecule has 0 saturated carbocycles. The molecule has 5 heteroatoms. The van der Waals surface area contributed by atoms with Gasteiger partial charge in [0.15, 0.2) is 0 Å². The smallest absolute Gasteiger partial charge is 0.268 e. The number of rotatable bonds is 5. The van der Waals surface area contributed by atoms with Gasteiger partial charge in [-0.15, -0.1) is 11.3 Å². The summed E-state index contributed by atoms with van der Waals surface area (Å²) < 4.78 is 17.0. The van der Waals surface area contributed by atoms with Crippen molar-refractivity contribution in [3.8, 4) is 0 Å².